The monoisotopic (exact) mass is 398 g/mol. The minimum Gasteiger partial charge on any atom is -0.341 e. The van der Waals surface area contributed by atoms with E-state index in [1.165, 1.54) is 17.4 Å². The first-order valence-corrected chi connectivity index (χ1v) is 10.3. The highest BCUT2D eigenvalue weighted by molar-refractivity contribution is 7.92. The summed E-state index contributed by atoms with van der Waals surface area (Å²) in [6.45, 7) is 0.507. The van der Waals surface area contributed by atoms with Gasteiger partial charge in [-0.15, -0.1) is 11.3 Å². The molecule has 8 heteroatoms. The van der Waals surface area contributed by atoms with Crippen molar-refractivity contribution in [2.75, 3.05) is 13.6 Å². The van der Waals surface area contributed by atoms with Crippen molar-refractivity contribution in [3.63, 3.8) is 0 Å². The predicted molar refractivity (Wildman–Crippen MR) is 103 cm³/mol. The number of thiophene rings is 1. The molecule has 2 rings (SSSR count). The molecule has 0 radical (unpaired) electrons. The maximum Gasteiger partial charge on any atom is 0.233 e. The molecule has 25 heavy (non-hydrogen) atoms. The molecule has 1 heterocycles. The van der Waals surface area contributed by atoms with Crippen molar-refractivity contribution in [1.82, 2.24) is 9.62 Å². The average Bonchev–Trinajstić information content (AvgIpc) is 2.98. The van der Waals surface area contributed by atoms with Gasteiger partial charge in [0.2, 0.25) is 15.9 Å². The molecule has 134 valence electrons. The van der Waals surface area contributed by atoms with Gasteiger partial charge in [0.15, 0.2) is 0 Å². The summed E-state index contributed by atoms with van der Waals surface area (Å²) >= 11 is 7.28. The van der Waals surface area contributed by atoms with Gasteiger partial charge in [-0.2, -0.15) is 0 Å². The van der Waals surface area contributed by atoms with Crippen LogP contribution < -0.4 is 4.72 Å². The minimum atomic E-state index is -3.57. The second-order valence-electron chi connectivity index (χ2n) is 5.36. The average molecular weight is 399 g/mol. The third-order valence-electron chi connectivity index (χ3n) is 3.33. The highest BCUT2D eigenvalue weighted by Crippen LogP contribution is 2.22. The van der Waals surface area contributed by atoms with Gasteiger partial charge in [0.05, 0.1) is 10.9 Å². The van der Waals surface area contributed by atoms with Crippen LogP contribution in [0.4, 0.5) is 0 Å². The largest absolute Gasteiger partial charge is 0.341 e. The maximum atomic E-state index is 12.1. The number of nitrogens with zero attached hydrogens (tertiary/aromatic N) is 1. The molecule has 0 saturated carbocycles. The Morgan fingerprint density at radius 2 is 1.96 bits per heavy atom. The molecule has 1 aromatic carbocycles. The van der Waals surface area contributed by atoms with E-state index in [4.69, 9.17) is 11.6 Å². The van der Waals surface area contributed by atoms with Gasteiger partial charge in [-0.3, -0.25) is 4.79 Å². The number of hydrogen-bond donors (Lipinski definition) is 1. The molecule has 0 unspecified atom stereocenters. The van der Waals surface area contributed by atoms with Crippen LogP contribution in [-0.4, -0.2) is 32.8 Å². The molecule has 0 spiro atoms. The van der Waals surface area contributed by atoms with Crippen LogP contribution in [0.2, 0.25) is 4.34 Å². The molecular weight excluding hydrogens is 380 g/mol. The summed E-state index contributed by atoms with van der Waals surface area (Å²) in [6, 6.07) is 12.8. The number of carbonyl (C=O) groups is 1. The molecule has 1 N–H and O–H groups in total. The molecule has 5 nitrogen and oxygen atoms in total. The van der Waals surface area contributed by atoms with E-state index in [1.54, 1.807) is 30.1 Å². The number of halogens is 1. The van der Waals surface area contributed by atoms with Crippen molar-refractivity contribution in [3.05, 3.63) is 62.6 Å². The van der Waals surface area contributed by atoms with Gasteiger partial charge in [-0.05, 0) is 23.8 Å². The van der Waals surface area contributed by atoms with E-state index in [9.17, 15) is 13.2 Å². The molecule has 1 aromatic heterocycles. The van der Waals surface area contributed by atoms with E-state index >= 15 is 0 Å². The first-order chi connectivity index (χ1) is 11.9. The van der Waals surface area contributed by atoms with Crippen LogP contribution >= 0.6 is 22.9 Å². The molecule has 0 saturated heterocycles. The molecule has 0 atom stereocenters. The molecular formula is C17H19ClN2O3S2. The highest BCUT2D eigenvalue weighted by Gasteiger charge is 2.12. The van der Waals surface area contributed by atoms with Crippen LogP contribution in [0.25, 0.3) is 6.08 Å². The summed E-state index contributed by atoms with van der Waals surface area (Å²) in [5.74, 6) is -0.140. The lowest BCUT2D eigenvalue weighted by molar-refractivity contribution is -0.130. The summed E-state index contributed by atoms with van der Waals surface area (Å²) in [5, 5.41) is 1.10. The quantitative estimate of drug-likeness (QED) is 0.741. The van der Waals surface area contributed by atoms with Crippen LogP contribution in [0.3, 0.4) is 0 Å². The second kappa shape index (κ2) is 9.15. The zero-order chi connectivity index (χ0) is 18.3. The lowest BCUT2D eigenvalue weighted by Crippen LogP contribution is -2.31. The van der Waals surface area contributed by atoms with Crippen molar-refractivity contribution in [1.29, 1.82) is 0 Å². The summed E-state index contributed by atoms with van der Waals surface area (Å²) in [4.78, 5) is 14.6. The minimum absolute atomic E-state index is 0.0514. The van der Waals surface area contributed by atoms with Gasteiger partial charge in [0.25, 0.3) is 0 Å². The lowest BCUT2D eigenvalue weighted by atomic mass is 10.2. The van der Waals surface area contributed by atoms with Gasteiger partial charge in [-0.1, -0.05) is 41.9 Å². The number of rotatable bonds is 8. The Morgan fingerprint density at radius 1 is 1.24 bits per heavy atom. The zero-order valence-corrected chi connectivity index (χ0v) is 16.1. The number of benzene rings is 1. The smallest absolute Gasteiger partial charge is 0.233 e. The molecule has 2 aromatic rings. The third-order valence-corrected chi connectivity index (χ3v) is 5.65. The normalized spacial score (nSPS) is 11.8. The molecule has 0 aliphatic rings. The SMILES string of the molecule is CN(Cc1ccc(Cl)s1)C(=O)CCNS(=O)(=O)/C=C/c1ccccc1. The van der Waals surface area contributed by atoms with Gasteiger partial charge in [0.1, 0.15) is 0 Å². The van der Waals surface area contributed by atoms with Crippen molar-refractivity contribution >= 4 is 44.9 Å². The molecule has 1 amide bonds. The predicted octanol–water partition coefficient (Wildman–Crippen LogP) is 3.34. The molecule has 0 aliphatic heterocycles. The summed E-state index contributed by atoms with van der Waals surface area (Å²) < 4.78 is 26.9. The van der Waals surface area contributed by atoms with Gasteiger partial charge in [-0.25, -0.2) is 13.1 Å². The summed E-state index contributed by atoms with van der Waals surface area (Å²) in [5.41, 5.74) is 0.790. The number of nitrogens with one attached hydrogen (secondary N) is 1. The Morgan fingerprint density at radius 3 is 2.60 bits per heavy atom. The maximum absolute atomic E-state index is 12.1. The fourth-order valence-electron chi connectivity index (χ4n) is 2.03. The van der Waals surface area contributed by atoms with E-state index in [-0.39, 0.29) is 18.9 Å². The van der Waals surface area contributed by atoms with Gasteiger partial charge < -0.3 is 4.90 Å². The fraction of sp³-hybridized carbons (Fsp3) is 0.235. The number of amides is 1. The van der Waals surface area contributed by atoms with Crippen molar-refractivity contribution < 1.29 is 13.2 Å². The topological polar surface area (TPSA) is 66.5 Å². The molecule has 0 bridgehead atoms. The Kier molecular flexibility index (Phi) is 7.19. The Hall–Kier alpha value is -1.67. The van der Waals surface area contributed by atoms with Crippen molar-refractivity contribution in [2.24, 2.45) is 0 Å². The first kappa shape index (κ1) is 19.7. The third kappa shape index (κ3) is 6.99. The van der Waals surface area contributed by atoms with Crippen LogP contribution in [0, 0.1) is 0 Å². The molecule has 0 fully saturated rings. The highest BCUT2D eigenvalue weighted by atomic mass is 35.5. The fourth-order valence-corrected chi connectivity index (χ4v) is 3.99. The number of hydrogen-bond acceptors (Lipinski definition) is 4. The summed E-state index contributed by atoms with van der Waals surface area (Å²) in [7, 11) is -1.89. The standard InChI is InChI=1S/C17H19ClN2O3S2/c1-20(13-15-7-8-16(18)24-15)17(21)9-11-19-25(22,23)12-10-14-5-3-2-4-6-14/h2-8,10,12,19H,9,11,13H2,1H3/b12-10+. The molecule has 0 aliphatic carbocycles. The van der Waals surface area contributed by atoms with Crippen LogP contribution in [-0.2, 0) is 21.4 Å². The lowest BCUT2D eigenvalue weighted by Gasteiger charge is -2.16. The second-order valence-corrected chi connectivity index (χ2v) is 8.81. The van der Waals surface area contributed by atoms with Crippen LogP contribution in [0.15, 0.2) is 47.9 Å². The van der Waals surface area contributed by atoms with E-state index in [0.29, 0.717) is 10.9 Å². The zero-order valence-electron chi connectivity index (χ0n) is 13.7. The van der Waals surface area contributed by atoms with Crippen LogP contribution in [0.5, 0.6) is 0 Å². The van der Waals surface area contributed by atoms with Crippen molar-refractivity contribution in [2.45, 2.75) is 13.0 Å². The Bertz CT molecular complexity index is 833. The van der Waals surface area contributed by atoms with Gasteiger partial charge >= 0.3 is 0 Å². The number of carbonyl (C=O) groups excluding carboxylic acids is 1. The first-order valence-electron chi connectivity index (χ1n) is 7.57. The van der Waals surface area contributed by atoms with E-state index in [1.807, 2.05) is 24.3 Å². The Labute approximate surface area is 157 Å². The Balaban J connectivity index is 1.78. The van der Waals surface area contributed by atoms with E-state index < -0.39 is 10.0 Å². The number of sulfonamides is 1. The van der Waals surface area contributed by atoms with Crippen molar-refractivity contribution in [3.8, 4) is 0 Å². The van der Waals surface area contributed by atoms with E-state index in [2.05, 4.69) is 4.72 Å². The van der Waals surface area contributed by atoms with E-state index in [0.717, 1.165) is 15.8 Å². The summed E-state index contributed by atoms with van der Waals surface area (Å²) in [6.07, 6.45) is 1.60. The van der Waals surface area contributed by atoms with Gasteiger partial charge in [0, 0.05) is 30.3 Å². The van der Waals surface area contributed by atoms with Crippen LogP contribution in [0.1, 0.15) is 16.9 Å².